The van der Waals surface area contributed by atoms with Crippen molar-refractivity contribution in [2.24, 2.45) is 0 Å². The van der Waals surface area contributed by atoms with E-state index in [-0.39, 0.29) is 17.6 Å². The Morgan fingerprint density at radius 3 is 2.79 bits per heavy atom. The Kier molecular flexibility index (Phi) is 4.88. The summed E-state index contributed by atoms with van der Waals surface area (Å²) >= 11 is 0. The highest BCUT2D eigenvalue weighted by Gasteiger charge is 2.20. The van der Waals surface area contributed by atoms with E-state index >= 15 is 0 Å². The summed E-state index contributed by atoms with van der Waals surface area (Å²) in [5.74, 6) is 0.540. The average Bonchev–Trinajstić information content (AvgIpc) is 2.85. The van der Waals surface area contributed by atoms with E-state index in [2.05, 4.69) is 0 Å². The molecule has 4 heteroatoms. The van der Waals surface area contributed by atoms with Crippen molar-refractivity contribution >= 4 is 16.6 Å². The van der Waals surface area contributed by atoms with Gasteiger partial charge in [-0.1, -0.05) is 12.1 Å². The first-order valence-corrected chi connectivity index (χ1v) is 8.12. The van der Waals surface area contributed by atoms with Gasteiger partial charge in [-0.15, -0.1) is 0 Å². The summed E-state index contributed by atoms with van der Waals surface area (Å²) in [7, 11) is -1.13. The van der Waals surface area contributed by atoms with Gasteiger partial charge in [-0.25, -0.2) is 0 Å². The molecule has 104 valence electrons. The van der Waals surface area contributed by atoms with Gasteiger partial charge >= 0.3 is 0 Å². The van der Waals surface area contributed by atoms with Crippen LogP contribution in [0.1, 0.15) is 34.3 Å². The van der Waals surface area contributed by atoms with E-state index in [0.717, 1.165) is 30.6 Å². The van der Waals surface area contributed by atoms with E-state index < -0.39 is 10.8 Å². The number of carbonyl (C=O) groups excluding carboxylic acids is 1. The first-order valence-electron chi connectivity index (χ1n) is 6.63. The molecular formula is C15H20O3S. The Morgan fingerprint density at radius 1 is 1.37 bits per heavy atom. The first-order chi connectivity index (χ1) is 9.06. The molecule has 2 unspecified atom stereocenters. The van der Waals surface area contributed by atoms with Crippen molar-refractivity contribution in [1.29, 1.82) is 0 Å². The van der Waals surface area contributed by atoms with Gasteiger partial charge in [-0.3, -0.25) is 9.00 Å². The lowest BCUT2D eigenvalue weighted by molar-refractivity contribution is 0.102. The minimum atomic E-state index is -1.13. The molecule has 1 aliphatic heterocycles. The fourth-order valence-corrected chi connectivity index (χ4v) is 3.44. The molecule has 0 aliphatic carbocycles. The topological polar surface area (TPSA) is 43.4 Å². The molecule has 1 saturated heterocycles. The quantitative estimate of drug-likeness (QED) is 0.778. The molecule has 19 heavy (non-hydrogen) atoms. The van der Waals surface area contributed by atoms with Crippen LogP contribution < -0.4 is 0 Å². The van der Waals surface area contributed by atoms with E-state index in [0.29, 0.717) is 11.3 Å². The van der Waals surface area contributed by atoms with Gasteiger partial charge in [0, 0.05) is 23.0 Å². The molecular weight excluding hydrogens is 260 g/mol. The number of ketones is 1. The predicted molar refractivity (Wildman–Crippen MR) is 77.1 cm³/mol. The number of Topliss-reactive ketones (excluding diaryl/α,β-unsaturated/α-hetero) is 1. The van der Waals surface area contributed by atoms with Crippen LogP contribution in [-0.4, -0.2) is 34.2 Å². The van der Waals surface area contributed by atoms with E-state index in [1.807, 2.05) is 32.0 Å². The Balaban J connectivity index is 1.92. The third-order valence-corrected chi connectivity index (χ3v) is 4.84. The highest BCUT2D eigenvalue weighted by Crippen LogP contribution is 2.14. The number of benzene rings is 1. The van der Waals surface area contributed by atoms with Gasteiger partial charge in [0.25, 0.3) is 0 Å². The maximum atomic E-state index is 12.1. The van der Waals surface area contributed by atoms with Crippen LogP contribution in [0.2, 0.25) is 0 Å². The summed E-state index contributed by atoms with van der Waals surface area (Å²) < 4.78 is 17.4. The summed E-state index contributed by atoms with van der Waals surface area (Å²) in [5.41, 5.74) is 2.91. The summed E-state index contributed by atoms with van der Waals surface area (Å²) in [6, 6.07) is 5.63. The predicted octanol–water partition coefficient (Wildman–Crippen LogP) is 2.41. The Labute approximate surface area is 116 Å². The van der Waals surface area contributed by atoms with Gasteiger partial charge in [-0.05, 0) is 43.9 Å². The normalized spacial score (nSPS) is 20.4. The number of hydrogen-bond acceptors (Lipinski definition) is 3. The van der Waals surface area contributed by atoms with Gasteiger partial charge in [-0.2, -0.15) is 0 Å². The maximum absolute atomic E-state index is 12.1. The monoisotopic (exact) mass is 280 g/mol. The summed E-state index contributed by atoms with van der Waals surface area (Å²) in [5, 5.41) is 0. The van der Waals surface area contributed by atoms with Crippen molar-refractivity contribution in [3.05, 3.63) is 34.9 Å². The van der Waals surface area contributed by atoms with Gasteiger partial charge in [0.15, 0.2) is 5.78 Å². The van der Waals surface area contributed by atoms with Crippen molar-refractivity contribution in [1.82, 2.24) is 0 Å². The molecule has 2 atom stereocenters. The first kappa shape index (κ1) is 14.4. The highest BCUT2D eigenvalue weighted by atomic mass is 32.2. The van der Waals surface area contributed by atoms with Gasteiger partial charge < -0.3 is 4.74 Å². The molecule has 0 amide bonds. The zero-order valence-corrected chi connectivity index (χ0v) is 12.3. The molecule has 0 aromatic heterocycles. The molecule has 0 saturated carbocycles. The molecule has 3 nitrogen and oxygen atoms in total. The summed E-state index contributed by atoms with van der Waals surface area (Å²) in [4.78, 5) is 12.1. The van der Waals surface area contributed by atoms with Crippen LogP contribution in [0.15, 0.2) is 18.2 Å². The van der Waals surface area contributed by atoms with Crippen LogP contribution in [0, 0.1) is 13.8 Å². The zero-order chi connectivity index (χ0) is 13.8. The van der Waals surface area contributed by atoms with Crippen molar-refractivity contribution < 1.29 is 13.7 Å². The van der Waals surface area contributed by atoms with Crippen LogP contribution in [-0.2, 0) is 15.5 Å². The maximum Gasteiger partial charge on any atom is 0.175 e. The van der Waals surface area contributed by atoms with Crippen LogP contribution in [0.25, 0.3) is 0 Å². The second-order valence-corrected chi connectivity index (χ2v) is 6.61. The van der Waals surface area contributed by atoms with E-state index in [4.69, 9.17) is 4.74 Å². The zero-order valence-electron chi connectivity index (χ0n) is 11.5. The molecule has 1 aromatic carbocycles. The molecule has 1 aromatic rings. The van der Waals surface area contributed by atoms with E-state index in [1.54, 1.807) is 0 Å². The van der Waals surface area contributed by atoms with Gasteiger partial charge in [0.05, 0.1) is 17.6 Å². The number of rotatable bonds is 5. The van der Waals surface area contributed by atoms with Crippen molar-refractivity contribution in [2.75, 3.05) is 18.1 Å². The minimum Gasteiger partial charge on any atom is -0.377 e. The number of carbonyl (C=O) groups is 1. The van der Waals surface area contributed by atoms with Gasteiger partial charge in [0.1, 0.15) is 0 Å². The standard InChI is InChI=1S/C15H20O3S/c1-11-5-6-13(8-12(11)2)15(16)10-19(17)9-14-4-3-7-18-14/h5-6,8,14H,3-4,7,9-10H2,1-2H3. The molecule has 0 bridgehead atoms. The molecule has 1 aliphatic rings. The van der Waals surface area contributed by atoms with Crippen molar-refractivity contribution in [3.63, 3.8) is 0 Å². The Bertz CT molecular complexity index is 490. The molecule has 2 rings (SSSR count). The Morgan fingerprint density at radius 2 is 2.16 bits per heavy atom. The lowest BCUT2D eigenvalue weighted by atomic mass is 10.0. The number of ether oxygens (including phenoxy) is 1. The van der Waals surface area contributed by atoms with E-state index in [9.17, 15) is 9.00 Å². The summed E-state index contributed by atoms with van der Waals surface area (Å²) in [6.45, 7) is 4.75. The third-order valence-electron chi connectivity index (χ3n) is 3.52. The molecule has 1 fully saturated rings. The number of hydrogen-bond donors (Lipinski definition) is 0. The average molecular weight is 280 g/mol. The van der Waals surface area contributed by atoms with Crippen LogP contribution in [0.3, 0.4) is 0 Å². The fraction of sp³-hybridized carbons (Fsp3) is 0.533. The van der Waals surface area contributed by atoms with Crippen LogP contribution in [0.5, 0.6) is 0 Å². The molecule has 0 spiro atoms. The molecule has 0 N–H and O–H groups in total. The number of aryl methyl sites for hydroxylation is 2. The fourth-order valence-electron chi connectivity index (χ4n) is 2.19. The van der Waals surface area contributed by atoms with Gasteiger partial charge in [0.2, 0.25) is 0 Å². The molecule has 1 heterocycles. The second kappa shape index (κ2) is 6.44. The highest BCUT2D eigenvalue weighted by molar-refractivity contribution is 7.85. The van der Waals surface area contributed by atoms with Crippen molar-refractivity contribution in [2.45, 2.75) is 32.8 Å². The molecule has 0 radical (unpaired) electrons. The second-order valence-electron chi connectivity index (χ2n) is 5.11. The van der Waals surface area contributed by atoms with E-state index in [1.165, 1.54) is 0 Å². The SMILES string of the molecule is Cc1ccc(C(=O)CS(=O)CC2CCCO2)cc1C. The smallest absolute Gasteiger partial charge is 0.175 e. The largest absolute Gasteiger partial charge is 0.377 e. The van der Waals surface area contributed by atoms with Crippen molar-refractivity contribution in [3.8, 4) is 0 Å². The minimum absolute atomic E-state index is 0.0422. The van der Waals surface area contributed by atoms with Crippen LogP contribution in [0.4, 0.5) is 0 Å². The summed E-state index contributed by atoms with van der Waals surface area (Å²) in [6.07, 6.45) is 2.07. The third kappa shape index (κ3) is 3.98. The lowest BCUT2D eigenvalue weighted by Gasteiger charge is -2.09. The lowest BCUT2D eigenvalue weighted by Crippen LogP contribution is -2.21. The Hall–Kier alpha value is -1.00. The van der Waals surface area contributed by atoms with Crippen LogP contribution >= 0.6 is 0 Å².